The molecule has 0 saturated carbocycles. The highest BCUT2D eigenvalue weighted by molar-refractivity contribution is 5.67. The van der Waals surface area contributed by atoms with Crippen molar-refractivity contribution in [2.75, 3.05) is 0 Å². The molecule has 0 radical (unpaired) electrons. The van der Waals surface area contributed by atoms with E-state index in [0.717, 1.165) is 18.4 Å². The Labute approximate surface area is 158 Å². The van der Waals surface area contributed by atoms with Crippen LogP contribution in [0.4, 0.5) is 0 Å². The van der Waals surface area contributed by atoms with Crippen LogP contribution in [-0.4, -0.2) is 16.2 Å². The summed E-state index contributed by atoms with van der Waals surface area (Å²) < 4.78 is 11.2. The van der Waals surface area contributed by atoms with Gasteiger partial charge in [-0.25, -0.2) is 0 Å². The Hall–Kier alpha value is -3.13. The van der Waals surface area contributed by atoms with Crippen molar-refractivity contribution in [3.05, 3.63) is 53.1 Å². The third-order valence-electron chi connectivity index (χ3n) is 4.95. The minimum Gasteiger partial charge on any atom is -0.490 e. The first-order chi connectivity index (χ1) is 13.1. The number of hydrogen-bond acceptors (Lipinski definition) is 5. The van der Waals surface area contributed by atoms with Gasteiger partial charge in [0, 0.05) is 11.1 Å². The molecule has 0 spiro atoms. The SMILES string of the molecule is CC(C)Oc1ccc(-c2nc(-c3cccc4c3CCC4C)no2)cc1C#N. The van der Waals surface area contributed by atoms with E-state index in [1.807, 2.05) is 26.0 Å². The molecule has 0 saturated heterocycles. The summed E-state index contributed by atoms with van der Waals surface area (Å²) >= 11 is 0. The average Bonchev–Trinajstić information content (AvgIpc) is 3.29. The zero-order valence-corrected chi connectivity index (χ0v) is 15.7. The number of benzene rings is 2. The molecule has 5 heteroatoms. The lowest BCUT2D eigenvalue weighted by molar-refractivity contribution is 0.242. The summed E-state index contributed by atoms with van der Waals surface area (Å²) in [7, 11) is 0. The lowest BCUT2D eigenvalue weighted by Crippen LogP contribution is -2.06. The molecule has 3 aromatic rings. The van der Waals surface area contributed by atoms with Gasteiger partial charge >= 0.3 is 0 Å². The lowest BCUT2D eigenvalue weighted by Gasteiger charge is -2.11. The van der Waals surface area contributed by atoms with E-state index in [-0.39, 0.29) is 6.10 Å². The summed E-state index contributed by atoms with van der Waals surface area (Å²) in [5, 5.41) is 13.6. The third kappa shape index (κ3) is 3.19. The van der Waals surface area contributed by atoms with Crippen molar-refractivity contribution in [2.24, 2.45) is 0 Å². The zero-order chi connectivity index (χ0) is 19.0. The van der Waals surface area contributed by atoms with E-state index in [2.05, 4.69) is 35.3 Å². The van der Waals surface area contributed by atoms with Crippen LogP contribution in [0, 0.1) is 11.3 Å². The average molecular weight is 359 g/mol. The van der Waals surface area contributed by atoms with E-state index in [0.29, 0.717) is 34.5 Å². The Bertz CT molecular complexity index is 1030. The van der Waals surface area contributed by atoms with E-state index in [1.54, 1.807) is 12.1 Å². The number of ether oxygens (including phenoxy) is 1. The van der Waals surface area contributed by atoms with Crippen LogP contribution in [-0.2, 0) is 6.42 Å². The van der Waals surface area contributed by atoms with E-state index in [4.69, 9.17) is 9.26 Å². The topological polar surface area (TPSA) is 71.9 Å². The number of nitriles is 1. The molecule has 1 heterocycles. The Balaban J connectivity index is 1.69. The Morgan fingerprint density at radius 3 is 2.89 bits per heavy atom. The summed E-state index contributed by atoms with van der Waals surface area (Å²) in [6, 6.07) is 13.8. The standard InChI is InChI=1S/C22H21N3O2/c1-13(2)26-20-10-8-15(11-16(20)12-23)22-24-21(25-27-22)19-6-4-5-17-14(3)7-9-18(17)19/h4-6,8,10-11,13-14H,7,9H2,1-3H3. The van der Waals surface area contributed by atoms with Gasteiger partial charge in [-0.1, -0.05) is 30.3 Å². The number of rotatable bonds is 4. The van der Waals surface area contributed by atoms with Crippen LogP contribution in [0.2, 0.25) is 0 Å². The van der Waals surface area contributed by atoms with Crippen LogP contribution >= 0.6 is 0 Å². The molecule has 1 aliphatic rings. The maximum absolute atomic E-state index is 9.42. The number of fused-ring (bicyclic) bond motifs is 1. The maximum atomic E-state index is 9.42. The summed E-state index contributed by atoms with van der Waals surface area (Å²) in [6.45, 7) is 6.11. The van der Waals surface area contributed by atoms with E-state index in [1.165, 1.54) is 11.1 Å². The van der Waals surface area contributed by atoms with Crippen molar-refractivity contribution in [2.45, 2.75) is 45.6 Å². The van der Waals surface area contributed by atoms with Crippen molar-refractivity contribution in [3.8, 4) is 34.7 Å². The first kappa shape index (κ1) is 17.3. The monoisotopic (exact) mass is 359 g/mol. The molecule has 1 unspecified atom stereocenters. The lowest BCUT2D eigenvalue weighted by atomic mass is 9.99. The van der Waals surface area contributed by atoms with E-state index in [9.17, 15) is 5.26 Å². The number of aromatic nitrogens is 2. The predicted octanol–water partition coefficient (Wildman–Crippen LogP) is 5.11. The number of hydrogen-bond donors (Lipinski definition) is 0. The molecule has 0 fully saturated rings. The molecular formula is C22H21N3O2. The minimum absolute atomic E-state index is 0.000486. The highest BCUT2D eigenvalue weighted by Crippen LogP contribution is 2.38. The summed E-state index contributed by atoms with van der Waals surface area (Å²) in [5.74, 6) is 2.13. The smallest absolute Gasteiger partial charge is 0.258 e. The van der Waals surface area contributed by atoms with Crippen LogP contribution < -0.4 is 4.74 Å². The zero-order valence-electron chi connectivity index (χ0n) is 15.7. The van der Waals surface area contributed by atoms with Crippen molar-refractivity contribution < 1.29 is 9.26 Å². The Morgan fingerprint density at radius 2 is 2.11 bits per heavy atom. The molecule has 0 amide bonds. The van der Waals surface area contributed by atoms with Crippen molar-refractivity contribution in [1.29, 1.82) is 5.26 Å². The molecule has 4 rings (SSSR count). The van der Waals surface area contributed by atoms with Gasteiger partial charge in [-0.15, -0.1) is 0 Å². The second kappa shape index (κ2) is 6.88. The van der Waals surface area contributed by atoms with Gasteiger partial charge in [0.25, 0.3) is 5.89 Å². The predicted molar refractivity (Wildman–Crippen MR) is 102 cm³/mol. The molecular weight excluding hydrogens is 338 g/mol. The number of nitrogens with zero attached hydrogens (tertiary/aromatic N) is 3. The highest BCUT2D eigenvalue weighted by Gasteiger charge is 2.23. The molecule has 2 aromatic carbocycles. The van der Waals surface area contributed by atoms with Gasteiger partial charge < -0.3 is 9.26 Å². The fraction of sp³-hybridized carbons (Fsp3) is 0.318. The summed E-state index contributed by atoms with van der Waals surface area (Å²) in [6.07, 6.45) is 2.19. The van der Waals surface area contributed by atoms with Crippen LogP contribution in [0.3, 0.4) is 0 Å². The van der Waals surface area contributed by atoms with E-state index < -0.39 is 0 Å². The van der Waals surface area contributed by atoms with Crippen LogP contribution in [0.5, 0.6) is 5.75 Å². The quantitative estimate of drug-likeness (QED) is 0.647. The van der Waals surface area contributed by atoms with Gasteiger partial charge in [-0.2, -0.15) is 10.2 Å². The van der Waals surface area contributed by atoms with Crippen molar-refractivity contribution in [3.63, 3.8) is 0 Å². The molecule has 1 atom stereocenters. The fourth-order valence-electron chi connectivity index (χ4n) is 3.63. The molecule has 5 nitrogen and oxygen atoms in total. The largest absolute Gasteiger partial charge is 0.490 e. The molecule has 0 N–H and O–H groups in total. The summed E-state index contributed by atoms with van der Waals surface area (Å²) in [5.41, 5.74) is 4.89. The van der Waals surface area contributed by atoms with Crippen molar-refractivity contribution in [1.82, 2.24) is 10.1 Å². The Kier molecular flexibility index (Phi) is 4.41. The van der Waals surface area contributed by atoms with Gasteiger partial charge in [-0.05, 0) is 61.9 Å². The molecule has 1 aromatic heterocycles. The first-order valence-electron chi connectivity index (χ1n) is 9.24. The van der Waals surface area contributed by atoms with Crippen LogP contribution in [0.1, 0.15) is 49.8 Å². The van der Waals surface area contributed by atoms with Gasteiger partial charge in [0.05, 0.1) is 11.7 Å². The fourth-order valence-corrected chi connectivity index (χ4v) is 3.63. The second-order valence-electron chi connectivity index (χ2n) is 7.23. The highest BCUT2D eigenvalue weighted by atomic mass is 16.5. The molecule has 1 aliphatic carbocycles. The third-order valence-corrected chi connectivity index (χ3v) is 4.95. The summed E-state index contributed by atoms with van der Waals surface area (Å²) in [4.78, 5) is 4.59. The van der Waals surface area contributed by atoms with Gasteiger partial charge in [0.1, 0.15) is 11.8 Å². The van der Waals surface area contributed by atoms with Crippen LogP contribution in [0.15, 0.2) is 40.9 Å². The van der Waals surface area contributed by atoms with Gasteiger partial charge in [-0.3, -0.25) is 0 Å². The second-order valence-corrected chi connectivity index (χ2v) is 7.23. The molecule has 136 valence electrons. The first-order valence-corrected chi connectivity index (χ1v) is 9.24. The minimum atomic E-state index is 0.000486. The normalized spacial score (nSPS) is 15.6. The van der Waals surface area contributed by atoms with Crippen LogP contribution in [0.25, 0.3) is 22.8 Å². The van der Waals surface area contributed by atoms with Gasteiger partial charge in [0.15, 0.2) is 0 Å². The maximum Gasteiger partial charge on any atom is 0.258 e. The van der Waals surface area contributed by atoms with Gasteiger partial charge in [0.2, 0.25) is 5.82 Å². The molecule has 0 aliphatic heterocycles. The molecule has 27 heavy (non-hydrogen) atoms. The van der Waals surface area contributed by atoms with Crippen molar-refractivity contribution >= 4 is 0 Å². The molecule has 0 bridgehead atoms. The van der Waals surface area contributed by atoms with E-state index >= 15 is 0 Å². The Morgan fingerprint density at radius 1 is 1.26 bits per heavy atom.